The number of ether oxygens (including phenoxy) is 2. The van der Waals surface area contributed by atoms with Crippen molar-refractivity contribution in [3.05, 3.63) is 72.8 Å². The highest BCUT2D eigenvalue weighted by atomic mass is 32.2. The van der Waals surface area contributed by atoms with Gasteiger partial charge in [-0.3, -0.25) is 9.59 Å². The van der Waals surface area contributed by atoms with Crippen LogP contribution in [0.2, 0.25) is 0 Å². The third kappa shape index (κ3) is 5.30. The molecule has 0 unspecified atom stereocenters. The lowest BCUT2D eigenvalue weighted by Gasteiger charge is -2.13. The molecule has 0 radical (unpaired) electrons. The van der Waals surface area contributed by atoms with Gasteiger partial charge in [-0.2, -0.15) is 0 Å². The van der Waals surface area contributed by atoms with E-state index in [0.717, 1.165) is 9.79 Å². The Morgan fingerprint density at radius 3 is 2.10 bits per heavy atom. The van der Waals surface area contributed by atoms with Crippen LogP contribution in [-0.2, 0) is 9.59 Å². The number of methoxy groups -OCH3 is 2. The Balaban J connectivity index is 1.73. The standard InChI is InChI=1S/C22H20N2O4S/c1-27-15-12-13-19(28-2)18(14-15)24-22(26)21(25)23-17-10-6-7-11-20(17)29-16-8-4-3-5-9-16/h3-14H,1-2H3,(H,23,25)(H,24,26). The van der Waals surface area contributed by atoms with Crippen molar-refractivity contribution in [1.29, 1.82) is 0 Å². The van der Waals surface area contributed by atoms with Gasteiger partial charge in [-0.25, -0.2) is 0 Å². The zero-order valence-electron chi connectivity index (χ0n) is 16.0. The number of hydrogen-bond donors (Lipinski definition) is 2. The molecule has 2 amide bonds. The highest BCUT2D eigenvalue weighted by molar-refractivity contribution is 7.99. The minimum atomic E-state index is -0.809. The smallest absolute Gasteiger partial charge is 0.314 e. The second kappa shape index (κ2) is 9.66. The largest absolute Gasteiger partial charge is 0.497 e. The lowest BCUT2D eigenvalue weighted by atomic mass is 10.2. The molecule has 6 nitrogen and oxygen atoms in total. The summed E-state index contributed by atoms with van der Waals surface area (Å²) < 4.78 is 10.4. The fourth-order valence-corrected chi connectivity index (χ4v) is 3.47. The summed E-state index contributed by atoms with van der Waals surface area (Å²) in [6.45, 7) is 0. The van der Waals surface area contributed by atoms with Gasteiger partial charge in [0.05, 0.1) is 25.6 Å². The molecule has 0 spiro atoms. The lowest BCUT2D eigenvalue weighted by Crippen LogP contribution is -2.29. The van der Waals surface area contributed by atoms with Gasteiger partial charge in [0.1, 0.15) is 11.5 Å². The fraction of sp³-hybridized carbons (Fsp3) is 0.0909. The number of para-hydroxylation sites is 1. The Morgan fingerprint density at radius 1 is 0.759 bits per heavy atom. The first-order valence-corrected chi connectivity index (χ1v) is 9.58. The molecule has 0 aliphatic heterocycles. The predicted molar refractivity (Wildman–Crippen MR) is 114 cm³/mol. The number of rotatable bonds is 6. The van der Waals surface area contributed by atoms with Gasteiger partial charge in [-0.15, -0.1) is 0 Å². The molecule has 3 rings (SSSR count). The number of anilines is 2. The summed E-state index contributed by atoms with van der Waals surface area (Å²) in [4.78, 5) is 26.8. The topological polar surface area (TPSA) is 76.7 Å². The Hall–Kier alpha value is -3.45. The van der Waals surface area contributed by atoms with Crippen molar-refractivity contribution in [1.82, 2.24) is 0 Å². The maximum absolute atomic E-state index is 12.5. The summed E-state index contributed by atoms with van der Waals surface area (Å²) in [6, 6.07) is 22.0. The number of nitrogens with one attached hydrogen (secondary N) is 2. The van der Waals surface area contributed by atoms with Gasteiger partial charge in [0.2, 0.25) is 0 Å². The van der Waals surface area contributed by atoms with Gasteiger partial charge >= 0.3 is 11.8 Å². The molecule has 7 heteroatoms. The Bertz CT molecular complexity index is 1010. The van der Waals surface area contributed by atoms with Crippen LogP contribution in [0, 0.1) is 0 Å². The van der Waals surface area contributed by atoms with E-state index in [-0.39, 0.29) is 0 Å². The Kier molecular flexibility index (Phi) is 6.76. The molecule has 0 saturated carbocycles. The van der Waals surface area contributed by atoms with Gasteiger partial charge in [-0.1, -0.05) is 42.1 Å². The lowest BCUT2D eigenvalue weighted by molar-refractivity contribution is -0.133. The highest BCUT2D eigenvalue weighted by Crippen LogP contribution is 2.33. The SMILES string of the molecule is COc1ccc(OC)c(NC(=O)C(=O)Nc2ccccc2Sc2ccccc2)c1. The summed E-state index contributed by atoms with van der Waals surface area (Å²) >= 11 is 1.50. The van der Waals surface area contributed by atoms with E-state index in [1.54, 1.807) is 30.3 Å². The van der Waals surface area contributed by atoms with E-state index in [1.807, 2.05) is 42.5 Å². The number of carbonyl (C=O) groups excluding carboxylic acids is 2. The minimum absolute atomic E-state index is 0.346. The van der Waals surface area contributed by atoms with Crippen molar-refractivity contribution in [2.24, 2.45) is 0 Å². The third-order valence-electron chi connectivity index (χ3n) is 3.97. The van der Waals surface area contributed by atoms with Gasteiger partial charge in [0, 0.05) is 15.9 Å². The zero-order chi connectivity index (χ0) is 20.6. The first-order chi connectivity index (χ1) is 14.1. The average Bonchev–Trinajstić information content (AvgIpc) is 2.75. The van der Waals surface area contributed by atoms with E-state index in [0.29, 0.717) is 22.9 Å². The van der Waals surface area contributed by atoms with Crippen LogP contribution in [0.3, 0.4) is 0 Å². The first-order valence-electron chi connectivity index (χ1n) is 8.77. The van der Waals surface area contributed by atoms with Crippen LogP contribution >= 0.6 is 11.8 Å². The van der Waals surface area contributed by atoms with Crippen LogP contribution in [0.15, 0.2) is 82.6 Å². The molecule has 3 aromatic carbocycles. The van der Waals surface area contributed by atoms with E-state index in [9.17, 15) is 9.59 Å². The number of hydrogen-bond acceptors (Lipinski definition) is 5. The van der Waals surface area contributed by atoms with Gasteiger partial charge in [0.15, 0.2) is 0 Å². The normalized spacial score (nSPS) is 10.1. The van der Waals surface area contributed by atoms with Crippen LogP contribution in [0.4, 0.5) is 11.4 Å². The molecule has 0 fully saturated rings. The van der Waals surface area contributed by atoms with E-state index < -0.39 is 11.8 Å². The Labute approximate surface area is 173 Å². The molecule has 0 saturated heterocycles. The molecule has 2 N–H and O–H groups in total. The zero-order valence-corrected chi connectivity index (χ0v) is 16.8. The summed E-state index contributed by atoms with van der Waals surface area (Å²) in [5, 5.41) is 5.24. The van der Waals surface area contributed by atoms with Crippen molar-refractivity contribution < 1.29 is 19.1 Å². The summed E-state index contributed by atoms with van der Waals surface area (Å²) in [6.07, 6.45) is 0. The molecule has 0 atom stereocenters. The molecule has 148 valence electrons. The highest BCUT2D eigenvalue weighted by Gasteiger charge is 2.18. The first kappa shape index (κ1) is 20.3. The molecule has 0 aliphatic carbocycles. The number of amides is 2. The van der Waals surface area contributed by atoms with Crippen LogP contribution < -0.4 is 20.1 Å². The number of benzene rings is 3. The molecular weight excluding hydrogens is 388 g/mol. The van der Waals surface area contributed by atoms with E-state index in [1.165, 1.54) is 26.0 Å². The molecule has 3 aromatic rings. The number of carbonyl (C=O) groups is 2. The molecule has 0 aliphatic rings. The van der Waals surface area contributed by atoms with Crippen molar-refractivity contribution in [2.45, 2.75) is 9.79 Å². The molecule has 29 heavy (non-hydrogen) atoms. The summed E-state index contributed by atoms with van der Waals surface area (Å²) in [5.41, 5.74) is 0.901. The fourth-order valence-electron chi connectivity index (χ4n) is 2.54. The van der Waals surface area contributed by atoms with E-state index in [2.05, 4.69) is 10.6 Å². The van der Waals surface area contributed by atoms with Crippen LogP contribution in [-0.4, -0.2) is 26.0 Å². The van der Waals surface area contributed by atoms with Crippen molar-refractivity contribution in [3.8, 4) is 11.5 Å². The molecule has 0 bridgehead atoms. The van der Waals surface area contributed by atoms with Gasteiger partial charge in [0.25, 0.3) is 0 Å². The van der Waals surface area contributed by atoms with Crippen LogP contribution in [0.5, 0.6) is 11.5 Å². The second-order valence-corrected chi connectivity index (χ2v) is 7.00. The quantitative estimate of drug-likeness (QED) is 0.590. The maximum atomic E-state index is 12.5. The monoisotopic (exact) mass is 408 g/mol. The molecular formula is C22H20N2O4S. The van der Waals surface area contributed by atoms with Gasteiger partial charge < -0.3 is 20.1 Å². The maximum Gasteiger partial charge on any atom is 0.314 e. The van der Waals surface area contributed by atoms with E-state index in [4.69, 9.17) is 9.47 Å². The van der Waals surface area contributed by atoms with E-state index >= 15 is 0 Å². The van der Waals surface area contributed by atoms with Crippen molar-refractivity contribution in [3.63, 3.8) is 0 Å². The van der Waals surface area contributed by atoms with Gasteiger partial charge in [-0.05, 0) is 36.4 Å². The van der Waals surface area contributed by atoms with Crippen LogP contribution in [0.1, 0.15) is 0 Å². The van der Waals surface area contributed by atoms with Crippen molar-refractivity contribution in [2.75, 3.05) is 24.9 Å². The summed E-state index contributed by atoms with van der Waals surface area (Å²) in [7, 11) is 3.00. The third-order valence-corrected chi connectivity index (χ3v) is 5.05. The average molecular weight is 408 g/mol. The minimum Gasteiger partial charge on any atom is -0.497 e. The molecule has 0 heterocycles. The van der Waals surface area contributed by atoms with Crippen molar-refractivity contribution >= 4 is 35.0 Å². The van der Waals surface area contributed by atoms with Crippen LogP contribution in [0.25, 0.3) is 0 Å². The predicted octanol–water partition coefficient (Wildman–Crippen LogP) is 4.43. The summed E-state index contributed by atoms with van der Waals surface area (Å²) in [5.74, 6) is -0.634. The second-order valence-electron chi connectivity index (χ2n) is 5.89. The molecule has 0 aromatic heterocycles. The Morgan fingerprint density at radius 2 is 1.41 bits per heavy atom.